The van der Waals surface area contributed by atoms with Gasteiger partial charge in [0.05, 0.1) is 16.6 Å². The van der Waals surface area contributed by atoms with Crippen molar-refractivity contribution < 1.29 is 9.18 Å². The van der Waals surface area contributed by atoms with Crippen LogP contribution in [0.4, 0.5) is 4.39 Å². The molecule has 1 amide bonds. The maximum absolute atomic E-state index is 13.8. The summed E-state index contributed by atoms with van der Waals surface area (Å²) in [5.74, 6) is -1.13. The van der Waals surface area contributed by atoms with Crippen LogP contribution in [0.25, 0.3) is 0 Å². The lowest BCUT2D eigenvalue weighted by Crippen LogP contribution is -2.28. The highest BCUT2D eigenvalue weighted by molar-refractivity contribution is 6.33. The van der Waals surface area contributed by atoms with Crippen molar-refractivity contribution in [1.82, 2.24) is 5.32 Å². The van der Waals surface area contributed by atoms with Crippen molar-refractivity contribution >= 4 is 17.5 Å². The van der Waals surface area contributed by atoms with Crippen molar-refractivity contribution in [2.24, 2.45) is 0 Å². The Hall–Kier alpha value is -1.87. The number of hydrogen-bond acceptors (Lipinski definition) is 1. The van der Waals surface area contributed by atoms with E-state index in [1.165, 1.54) is 18.2 Å². The number of halogens is 2. The third-order valence-corrected chi connectivity index (χ3v) is 3.75. The number of nitrogens with one attached hydrogen (secondary N) is 1. The molecule has 0 bridgehead atoms. The summed E-state index contributed by atoms with van der Waals surface area (Å²) >= 11 is 5.91. The van der Waals surface area contributed by atoms with Gasteiger partial charge in [0, 0.05) is 0 Å². The number of benzene rings is 2. The van der Waals surface area contributed by atoms with Crippen LogP contribution in [0.2, 0.25) is 5.02 Å². The second kappa shape index (κ2) is 6.27. The Labute approximate surface area is 128 Å². The van der Waals surface area contributed by atoms with Gasteiger partial charge in [-0.15, -0.1) is 0 Å². The van der Waals surface area contributed by atoms with Gasteiger partial charge in [0.15, 0.2) is 0 Å². The Morgan fingerprint density at radius 1 is 1.24 bits per heavy atom. The molecule has 1 atom stereocenters. The summed E-state index contributed by atoms with van der Waals surface area (Å²) in [6.45, 7) is 5.84. The van der Waals surface area contributed by atoms with Crippen LogP contribution in [-0.4, -0.2) is 5.91 Å². The van der Waals surface area contributed by atoms with E-state index in [-0.39, 0.29) is 16.6 Å². The molecular formula is C17H17ClFNO. The van der Waals surface area contributed by atoms with E-state index in [4.69, 9.17) is 11.6 Å². The van der Waals surface area contributed by atoms with Crippen LogP contribution in [0.1, 0.15) is 40.0 Å². The average Bonchev–Trinajstić information content (AvgIpc) is 2.41. The van der Waals surface area contributed by atoms with Gasteiger partial charge < -0.3 is 5.32 Å². The molecule has 0 aliphatic rings. The molecule has 2 aromatic carbocycles. The molecule has 0 aliphatic heterocycles. The van der Waals surface area contributed by atoms with Gasteiger partial charge in [0.2, 0.25) is 0 Å². The molecule has 2 nitrogen and oxygen atoms in total. The minimum atomic E-state index is -0.617. The fourth-order valence-electron chi connectivity index (χ4n) is 2.29. The van der Waals surface area contributed by atoms with Crippen molar-refractivity contribution in [1.29, 1.82) is 0 Å². The number of hydrogen-bond donors (Lipinski definition) is 1. The quantitative estimate of drug-likeness (QED) is 0.883. The lowest BCUT2D eigenvalue weighted by molar-refractivity contribution is 0.0936. The van der Waals surface area contributed by atoms with Gasteiger partial charge in [-0.05, 0) is 44.0 Å². The summed E-state index contributed by atoms with van der Waals surface area (Å²) in [6.07, 6.45) is 0. The van der Waals surface area contributed by atoms with Crippen molar-refractivity contribution in [3.8, 4) is 0 Å². The third-order valence-electron chi connectivity index (χ3n) is 3.44. The molecule has 110 valence electrons. The predicted molar refractivity (Wildman–Crippen MR) is 83.2 cm³/mol. The number of aryl methyl sites for hydroxylation is 2. The zero-order valence-corrected chi connectivity index (χ0v) is 13.0. The maximum atomic E-state index is 13.8. The molecule has 0 radical (unpaired) electrons. The first-order valence-electron chi connectivity index (χ1n) is 6.72. The molecule has 0 heterocycles. The molecular weight excluding hydrogens is 289 g/mol. The fourth-order valence-corrected chi connectivity index (χ4v) is 2.54. The first kappa shape index (κ1) is 15.5. The van der Waals surface area contributed by atoms with Gasteiger partial charge in [-0.1, -0.05) is 41.4 Å². The number of rotatable bonds is 3. The van der Waals surface area contributed by atoms with Gasteiger partial charge in [-0.3, -0.25) is 4.79 Å². The fraction of sp³-hybridized carbons (Fsp3) is 0.235. The summed E-state index contributed by atoms with van der Waals surface area (Å²) in [5.41, 5.74) is 3.08. The summed E-state index contributed by atoms with van der Waals surface area (Å²) < 4.78 is 13.8. The molecule has 2 aromatic rings. The van der Waals surface area contributed by atoms with Crippen LogP contribution < -0.4 is 5.32 Å². The standard InChI is InChI=1S/C17H17ClFNO/c1-10-7-8-11(2)13(9-10)12(3)20-17(21)16-14(18)5-4-6-15(16)19/h4-9,12H,1-3H3,(H,20,21)/t12-/m1/s1. The first-order chi connectivity index (χ1) is 9.90. The van der Waals surface area contributed by atoms with E-state index in [9.17, 15) is 9.18 Å². The van der Waals surface area contributed by atoms with Gasteiger partial charge in [0.25, 0.3) is 5.91 Å². The molecule has 21 heavy (non-hydrogen) atoms. The Morgan fingerprint density at radius 3 is 2.62 bits per heavy atom. The van der Waals surface area contributed by atoms with Crippen molar-refractivity contribution in [2.45, 2.75) is 26.8 Å². The normalized spacial score (nSPS) is 12.0. The highest BCUT2D eigenvalue weighted by Crippen LogP contribution is 2.22. The van der Waals surface area contributed by atoms with Gasteiger partial charge in [-0.2, -0.15) is 0 Å². The molecule has 4 heteroatoms. The third kappa shape index (κ3) is 3.42. The van der Waals surface area contributed by atoms with Crippen LogP contribution in [0.3, 0.4) is 0 Å². The summed E-state index contributed by atoms with van der Waals surface area (Å²) in [5, 5.41) is 2.91. The maximum Gasteiger partial charge on any atom is 0.256 e. The topological polar surface area (TPSA) is 29.1 Å². The van der Waals surface area contributed by atoms with Crippen molar-refractivity contribution in [3.63, 3.8) is 0 Å². The number of carbonyl (C=O) groups is 1. The smallest absolute Gasteiger partial charge is 0.256 e. The van der Waals surface area contributed by atoms with E-state index in [1.807, 2.05) is 39.0 Å². The van der Waals surface area contributed by atoms with E-state index in [0.717, 1.165) is 16.7 Å². The van der Waals surface area contributed by atoms with Crippen LogP contribution in [0.5, 0.6) is 0 Å². The first-order valence-corrected chi connectivity index (χ1v) is 7.10. The highest BCUT2D eigenvalue weighted by atomic mass is 35.5. The Morgan fingerprint density at radius 2 is 1.95 bits per heavy atom. The SMILES string of the molecule is Cc1ccc(C)c([C@@H](C)NC(=O)c2c(F)cccc2Cl)c1. The lowest BCUT2D eigenvalue weighted by atomic mass is 9.99. The Kier molecular flexibility index (Phi) is 4.63. The Balaban J connectivity index is 2.25. The van der Waals surface area contributed by atoms with E-state index in [2.05, 4.69) is 5.32 Å². The van der Waals surface area contributed by atoms with Crippen molar-refractivity contribution in [3.05, 3.63) is 69.5 Å². The van der Waals surface area contributed by atoms with E-state index in [0.29, 0.717) is 0 Å². The molecule has 0 fully saturated rings. The van der Waals surface area contributed by atoms with Crippen molar-refractivity contribution in [2.75, 3.05) is 0 Å². The zero-order chi connectivity index (χ0) is 15.6. The van der Waals surface area contributed by atoms with Crippen LogP contribution >= 0.6 is 11.6 Å². The van der Waals surface area contributed by atoms with Gasteiger partial charge in [0.1, 0.15) is 5.82 Å². The number of carbonyl (C=O) groups excluding carboxylic acids is 1. The minimum Gasteiger partial charge on any atom is -0.345 e. The molecule has 0 saturated carbocycles. The highest BCUT2D eigenvalue weighted by Gasteiger charge is 2.19. The van der Waals surface area contributed by atoms with E-state index >= 15 is 0 Å². The molecule has 0 saturated heterocycles. The second-order valence-corrected chi connectivity index (χ2v) is 5.56. The van der Waals surface area contributed by atoms with Gasteiger partial charge >= 0.3 is 0 Å². The van der Waals surface area contributed by atoms with Gasteiger partial charge in [-0.25, -0.2) is 4.39 Å². The summed E-state index contributed by atoms with van der Waals surface area (Å²) in [6, 6.07) is 10.0. The summed E-state index contributed by atoms with van der Waals surface area (Å²) in [4.78, 5) is 12.2. The van der Waals surface area contributed by atoms with Crippen LogP contribution in [0, 0.1) is 19.7 Å². The van der Waals surface area contributed by atoms with E-state index in [1.54, 1.807) is 0 Å². The molecule has 0 unspecified atom stereocenters. The minimum absolute atomic E-state index is 0.112. The predicted octanol–water partition coefficient (Wildman–Crippen LogP) is 4.59. The largest absolute Gasteiger partial charge is 0.345 e. The Bertz CT molecular complexity index is 664. The van der Waals surface area contributed by atoms with Crippen LogP contribution in [-0.2, 0) is 0 Å². The summed E-state index contributed by atoms with van der Waals surface area (Å²) in [7, 11) is 0. The second-order valence-electron chi connectivity index (χ2n) is 5.15. The zero-order valence-electron chi connectivity index (χ0n) is 12.2. The number of amides is 1. The molecule has 1 N–H and O–H groups in total. The van der Waals surface area contributed by atoms with E-state index < -0.39 is 11.7 Å². The monoisotopic (exact) mass is 305 g/mol. The molecule has 2 rings (SSSR count). The molecule has 0 aromatic heterocycles. The lowest BCUT2D eigenvalue weighted by Gasteiger charge is -2.18. The van der Waals surface area contributed by atoms with Crippen LogP contribution in [0.15, 0.2) is 36.4 Å². The average molecular weight is 306 g/mol. The molecule has 0 spiro atoms. The molecule has 0 aliphatic carbocycles.